The summed E-state index contributed by atoms with van der Waals surface area (Å²) in [6.07, 6.45) is 86.7. The van der Waals surface area contributed by atoms with E-state index >= 15 is 0 Å². The van der Waals surface area contributed by atoms with Gasteiger partial charge in [-0.3, -0.25) is 14.4 Å². The van der Waals surface area contributed by atoms with Gasteiger partial charge >= 0.3 is 17.9 Å². The van der Waals surface area contributed by atoms with E-state index in [2.05, 4.69) is 130 Å². The molecule has 0 N–H and O–H groups in total. The largest absolute Gasteiger partial charge is 0.462 e. The minimum Gasteiger partial charge on any atom is -0.462 e. The molecule has 1 atom stereocenters. The van der Waals surface area contributed by atoms with Crippen molar-refractivity contribution in [1.29, 1.82) is 0 Å². The molecule has 1 unspecified atom stereocenters. The summed E-state index contributed by atoms with van der Waals surface area (Å²) in [4.78, 5) is 38.2. The van der Waals surface area contributed by atoms with Crippen molar-refractivity contribution in [2.45, 2.75) is 303 Å². The van der Waals surface area contributed by atoms with Crippen LogP contribution in [0.15, 0.2) is 109 Å². The molecule has 0 bridgehead atoms. The van der Waals surface area contributed by atoms with Crippen LogP contribution in [-0.4, -0.2) is 37.2 Å². The van der Waals surface area contributed by atoms with Crippen molar-refractivity contribution in [2.75, 3.05) is 13.2 Å². The number of ether oxygens (including phenoxy) is 3. The molecule has 0 heterocycles. The van der Waals surface area contributed by atoms with Gasteiger partial charge in [0.25, 0.3) is 0 Å². The fourth-order valence-corrected chi connectivity index (χ4v) is 8.75. The Morgan fingerprint density at radius 1 is 0.276 bits per heavy atom. The molecule has 0 saturated carbocycles. The van der Waals surface area contributed by atoms with Crippen LogP contribution in [-0.2, 0) is 28.6 Å². The lowest BCUT2D eigenvalue weighted by molar-refractivity contribution is -0.167. The van der Waals surface area contributed by atoms with Gasteiger partial charge in [0.1, 0.15) is 13.2 Å². The van der Waals surface area contributed by atoms with Crippen molar-refractivity contribution in [3.63, 3.8) is 0 Å². The Labute approximate surface area is 470 Å². The van der Waals surface area contributed by atoms with Crippen molar-refractivity contribution in [3.05, 3.63) is 109 Å². The van der Waals surface area contributed by atoms with Gasteiger partial charge < -0.3 is 14.2 Å². The van der Waals surface area contributed by atoms with E-state index in [4.69, 9.17) is 14.2 Å². The maximum atomic E-state index is 12.8. The highest BCUT2D eigenvalue weighted by molar-refractivity contribution is 5.71. The predicted molar refractivity (Wildman–Crippen MR) is 330 cm³/mol. The summed E-state index contributed by atoms with van der Waals surface area (Å²) in [7, 11) is 0. The summed E-state index contributed by atoms with van der Waals surface area (Å²) in [5.74, 6) is -0.893. The van der Waals surface area contributed by atoms with Crippen molar-refractivity contribution in [2.24, 2.45) is 0 Å². The average molecular weight is 1060 g/mol. The van der Waals surface area contributed by atoms with Crippen molar-refractivity contribution in [1.82, 2.24) is 0 Å². The summed E-state index contributed by atoms with van der Waals surface area (Å²) in [6.45, 7) is 6.51. The van der Waals surface area contributed by atoms with Gasteiger partial charge in [-0.2, -0.15) is 0 Å². The quantitative estimate of drug-likeness (QED) is 0.0261. The number of rotatable bonds is 57. The molecular weight excluding hydrogens is 937 g/mol. The van der Waals surface area contributed by atoms with Gasteiger partial charge in [-0.15, -0.1) is 0 Å². The number of carbonyl (C=O) groups excluding carboxylic acids is 3. The van der Waals surface area contributed by atoms with Gasteiger partial charge in [0.2, 0.25) is 0 Å². The molecule has 0 saturated heterocycles. The highest BCUT2D eigenvalue weighted by Crippen LogP contribution is 2.16. The van der Waals surface area contributed by atoms with Crippen LogP contribution in [0.1, 0.15) is 297 Å². The Hall–Kier alpha value is -3.93. The average Bonchev–Trinajstić information content (AvgIpc) is 3.42. The molecule has 0 aliphatic rings. The molecule has 0 aromatic rings. The zero-order valence-electron chi connectivity index (χ0n) is 49.7. The monoisotopic (exact) mass is 1050 g/mol. The van der Waals surface area contributed by atoms with E-state index in [1.54, 1.807) is 0 Å². The van der Waals surface area contributed by atoms with Gasteiger partial charge in [0, 0.05) is 19.3 Å². The molecule has 434 valence electrons. The summed E-state index contributed by atoms with van der Waals surface area (Å²) in [5.41, 5.74) is 0. The van der Waals surface area contributed by atoms with Crippen LogP contribution >= 0.6 is 0 Å². The number of allylic oxidation sites excluding steroid dienone is 18. The first-order chi connectivity index (χ1) is 37.5. The Bertz CT molecular complexity index is 1540. The van der Waals surface area contributed by atoms with Gasteiger partial charge in [-0.25, -0.2) is 0 Å². The zero-order chi connectivity index (χ0) is 55.0. The van der Waals surface area contributed by atoms with Crippen LogP contribution < -0.4 is 0 Å². The predicted octanol–water partition coefficient (Wildman–Crippen LogP) is 21.8. The van der Waals surface area contributed by atoms with Crippen LogP contribution in [0.4, 0.5) is 0 Å². The lowest BCUT2D eigenvalue weighted by Gasteiger charge is -2.18. The summed E-state index contributed by atoms with van der Waals surface area (Å²) in [6, 6.07) is 0. The molecule has 6 heteroatoms. The molecule has 0 radical (unpaired) electrons. The van der Waals surface area contributed by atoms with E-state index in [-0.39, 0.29) is 31.1 Å². The SMILES string of the molecule is CC/C=C\C/C=C\C/C=C\C/C=C\C/C=C\C/C=C\C/C=C\C/C=C\CCCCCCCCCCC(=O)OCC(COC(=O)CCCCCCCCCCCCCC)OC(=O)CCCCCCC/C=C\CCCCCC. The maximum Gasteiger partial charge on any atom is 0.306 e. The standard InChI is InChI=1S/C70H118O6/c1-4-7-10-13-16-19-22-25-26-27-28-29-30-31-32-33-34-35-36-37-38-39-40-41-42-43-44-46-48-51-54-57-60-63-69(72)75-66-67(65-74-68(71)62-59-56-53-50-47-24-21-18-15-12-9-6-3)76-70(73)64-61-58-55-52-49-45-23-20-17-14-11-8-5-2/h7,10,16,19-20,23,25-26,28-29,31-32,34-35,37-38,40-41,67H,4-6,8-9,11-15,17-18,21-22,24,27,30,33,36,39,42-66H2,1-3H3/b10-7-,19-16-,23-20-,26-25-,29-28-,32-31-,35-34-,38-37-,41-40-. The van der Waals surface area contributed by atoms with Crippen LogP contribution in [0.5, 0.6) is 0 Å². The second-order valence-corrected chi connectivity index (χ2v) is 20.9. The van der Waals surface area contributed by atoms with Crippen molar-refractivity contribution < 1.29 is 28.6 Å². The third-order valence-electron chi connectivity index (χ3n) is 13.5. The lowest BCUT2D eigenvalue weighted by atomic mass is 10.0. The van der Waals surface area contributed by atoms with Crippen LogP contribution in [0, 0.1) is 0 Å². The molecule has 0 rings (SSSR count). The van der Waals surface area contributed by atoms with Gasteiger partial charge in [0.05, 0.1) is 0 Å². The second-order valence-electron chi connectivity index (χ2n) is 20.9. The van der Waals surface area contributed by atoms with Crippen molar-refractivity contribution in [3.8, 4) is 0 Å². The fourth-order valence-electron chi connectivity index (χ4n) is 8.75. The smallest absolute Gasteiger partial charge is 0.306 e. The van der Waals surface area contributed by atoms with Crippen molar-refractivity contribution >= 4 is 17.9 Å². The van der Waals surface area contributed by atoms with Gasteiger partial charge in [0.15, 0.2) is 6.10 Å². The molecule has 6 nitrogen and oxygen atoms in total. The van der Waals surface area contributed by atoms with E-state index in [0.717, 1.165) is 128 Å². The van der Waals surface area contributed by atoms with Crippen LogP contribution in [0.25, 0.3) is 0 Å². The van der Waals surface area contributed by atoms with Gasteiger partial charge in [-0.1, -0.05) is 278 Å². The molecule has 0 aromatic heterocycles. The third kappa shape index (κ3) is 60.9. The Kier molecular flexibility index (Phi) is 60.3. The summed E-state index contributed by atoms with van der Waals surface area (Å²) >= 11 is 0. The lowest BCUT2D eigenvalue weighted by Crippen LogP contribution is -2.30. The number of carbonyl (C=O) groups is 3. The topological polar surface area (TPSA) is 78.9 Å². The summed E-state index contributed by atoms with van der Waals surface area (Å²) in [5, 5.41) is 0. The van der Waals surface area contributed by atoms with Gasteiger partial charge in [-0.05, 0) is 109 Å². The minimum absolute atomic E-state index is 0.0812. The maximum absolute atomic E-state index is 12.8. The Morgan fingerprint density at radius 2 is 0.513 bits per heavy atom. The Morgan fingerprint density at radius 3 is 0.829 bits per heavy atom. The molecule has 0 amide bonds. The first kappa shape index (κ1) is 72.1. The highest BCUT2D eigenvalue weighted by Gasteiger charge is 2.19. The Balaban J connectivity index is 4.22. The normalized spacial score (nSPS) is 12.8. The first-order valence-corrected chi connectivity index (χ1v) is 31.9. The number of hydrogen-bond donors (Lipinski definition) is 0. The van der Waals surface area contributed by atoms with Crippen LogP contribution in [0.2, 0.25) is 0 Å². The number of hydrogen-bond acceptors (Lipinski definition) is 6. The zero-order valence-corrected chi connectivity index (χ0v) is 49.7. The molecule has 0 aromatic carbocycles. The first-order valence-electron chi connectivity index (χ1n) is 31.9. The van der Waals surface area contributed by atoms with E-state index in [1.165, 1.54) is 128 Å². The molecule has 0 aliphatic carbocycles. The number of unbranched alkanes of at least 4 members (excludes halogenated alkanes) is 28. The van der Waals surface area contributed by atoms with E-state index in [0.29, 0.717) is 19.3 Å². The molecule has 76 heavy (non-hydrogen) atoms. The van der Waals surface area contributed by atoms with E-state index < -0.39 is 6.10 Å². The molecular formula is C70H118O6. The highest BCUT2D eigenvalue weighted by atomic mass is 16.6. The molecule has 0 aliphatic heterocycles. The summed E-state index contributed by atoms with van der Waals surface area (Å²) < 4.78 is 16.9. The second kappa shape index (κ2) is 63.6. The van der Waals surface area contributed by atoms with Crippen LogP contribution in [0.3, 0.4) is 0 Å². The fraction of sp³-hybridized carbons (Fsp3) is 0.700. The molecule has 0 spiro atoms. The number of esters is 3. The van der Waals surface area contributed by atoms with E-state index in [9.17, 15) is 14.4 Å². The third-order valence-corrected chi connectivity index (χ3v) is 13.5. The minimum atomic E-state index is -0.784. The molecule has 0 fully saturated rings. The van der Waals surface area contributed by atoms with E-state index in [1.807, 2.05) is 0 Å².